The number of anilines is 1. The van der Waals surface area contributed by atoms with E-state index in [1.165, 1.54) is 18.3 Å². The van der Waals surface area contributed by atoms with Gasteiger partial charge in [-0.1, -0.05) is 30.3 Å². The van der Waals surface area contributed by atoms with E-state index in [-0.39, 0.29) is 11.9 Å². The van der Waals surface area contributed by atoms with Crippen LogP contribution in [0.25, 0.3) is 0 Å². The molecule has 0 atom stereocenters. The minimum Gasteiger partial charge on any atom is -0.350 e. The van der Waals surface area contributed by atoms with E-state index < -0.39 is 0 Å². The minimum atomic E-state index is 0.0202. The van der Waals surface area contributed by atoms with Crippen molar-refractivity contribution in [2.45, 2.75) is 45.7 Å². The number of amides is 1. The molecule has 3 rings (SSSR count). The Bertz CT molecular complexity index is 696. The molecule has 1 aliphatic rings. The molecule has 1 aromatic carbocycles. The number of hydrogen-bond donors (Lipinski definition) is 0. The van der Waals surface area contributed by atoms with Crippen LogP contribution in [0.3, 0.4) is 0 Å². The number of carbonyl (C=O) groups is 1. The Morgan fingerprint density at radius 3 is 2.52 bits per heavy atom. The second-order valence-electron chi connectivity index (χ2n) is 6.82. The first kappa shape index (κ1) is 17.4. The van der Waals surface area contributed by atoms with Gasteiger partial charge in [-0.05, 0) is 38.7 Å². The van der Waals surface area contributed by atoms with E-state index >= 15 is 0 Å². The van der Waals surface area contributed by atoms with Crippen molar-refractivity contribution in [2.24, 2.45) is 0 Å². The maximum atomic E-state index is 12.7. The molecule has 2 heterocycles. The highest BCUT2D eigenvalue weighted by molar-refractivity contribution is 5.93. The van der Waals surface area contributed by atoms with Gasteiger partial charge >= 0.3 is 0 Å². The number of piperidine rings is 1. The lowest BCUT2D eigenvalue weighted by molar-refractivity contribution is 0.0718. The molecule has 0 bridgehead atoms. The molecule has 5 heteroatoms. The van der Waals surface area contributed by atoms with Gasteiger partial charge in [-0.15, -0.1) is 0 Å². The van der Waals surface area contributed by atoms with Crippen LogP contribution >= 0.6 is 0 Å². The normalized spacial score (nSPS) is 14.6. The van der Waals surface area contributed by atoms with Gasteiger partial charge in [-0.2, -0.15) is 0 Å². The van der Waals surface area contributed by atoms with Gasteiger partial charge in [0.25, 0.3) is 5.91 Å². The molecule has 5 nitrogen and oxygen atoms in total. The molecule has 1 amide bonds. The summed E-state index contributed by atoms with van der Waals surface area (Å²) in [7, 11) is 0. The average Bonchev–Trinajstić information content (AvgIpc) is 2.67. The lowest BCUT2D eigenvalue weighted by Gasteiger charge is -2.29. The predicted octanol–water partition coefficient (Wildman–Crippen LogP) is 3.52. The molecule has 1 saturated heterocycles. The van der Waals surface area contributed by atoms with E-state index in [0.29, 0.717) is 5.69 Å². The summed E-state index contributed by atoms with van der Waals surface area (Å²) < 4.78 is 0. The summed E-state index contributed by atoms with van der Waals surface area (Å²) in [6.07, 6.45) is 4.87. The molecule has 132 valence electrons. The van der Waals surface area contributed by atoms with Gasteiger partial charge in [0.2, 0.25) is 0 Å². The number of benzene rings is 1. The summed E-state index contributed by atoms with van der Waals surface area (Å²) in [6, 6.07) is 12.4. The first-order valence-corrected chi connectivity index (χ1v) is 9.07. The van der Waals surface area contributed by atoms with Crippen LogP contribution in [0.4, 0.5) is 5.82 Å². The van der Waals surface area contributed by atoms with Gasteiger partial charge in [-0.3, -0.25) is 4.79 Å². The largest absolute Gasteiger partial charge is 0.350 e. The number of aromatic nitrogens is 2. The molecule has 1 aromatic heterocycles. The van der Waals surface area contributed by atoms with Gasteiger partial charge in [0, 0.05) is 31.7 Å². The number of likely N-dealkylation sites (tertiary alicyclic amines) is 1. The monoisotopic (exact) mass is 338 g/mol. The van der Waals surface area contributed by atoms with Crippen molar-refractivity contribution >= 4 is 11.7 Å². The van der Waals surface area contributed by atoms with Crippen molar-refractivity contribution in [1.29, 1.82) is 0 Å². The summed E-state index contributed by atoms with van der Waals surface area (Å²) in [6.45, 7) is 6.69. The number of rotatable bonds is 5. The van der Waals surface area contributed by atoms with Crippen molar-refractivity contribution < 1.29 is 4.79 Å². The van der Waals surface area contributed by atoms with Crippen LogP contribution < -0.4 is 4.90 Å². The zero-order chi connectivity index (χ0) is 17.6. The molecule has 0 saturated carbocycles. The average molecular weight is 338 g/mol. The molecule has 0 unspecified atom stereocenters. The quantitative estimate of drug-likeness (QED) is 0.837. The zero-order valence-corrected chi connectivity index (χ0v) is 15.1. The van der Waals surface area contributed by atoms with Crippen molar-refractivity contribution in [2.75, 3.05) is 18.0 Å². The Balaban J connectivity index is 1.81. The lowest BCUT2D eigenvalue weighted by Crippen LogP contribution is -2.36. The van der Waals surface area contributed by atoms with Gasteiger partial charge in [-0.25, -0.2) is 9.97 Å². The van der Waals surface area contributed by atoms with E-state index in [4.69, 9.17) is 0 Å². The standard InChI is InChI=1S/C20H26N4O/c1-16(2)24(14-17-9-5-3-6-10-17)19-13-18(21-15-22-19)20(25)23-11-7-4-8-12-23/h3,5-6,9-10,13,15-16H,4,7-8,11-12,14H2,1-2H3. The van der Waals surface area contributed by atoms with E-state index in [9.17, 15) is 4.79 Å². The lowest BCUT2D eigenvalue weighted by atomic mass is 10.1. The van der Waals surface area contributed by atoms with Crippen molar-refractivity contribution in [3.63, 3.8) is 0 Å². The topological polar surface area (TPSA) is 49.3 Å². The maximum absolute atomic E-state index is 12.7. The molecular formula is C20H26N4O. The third-order valence-electron chi connectivity index (χ3n) is 4.63. The molecular weight excluding hydrogens is 312 g/mol. The van der Waals surface area contributed by atoms with E-state index in [2.05, 4.69) is 40.8 Å². The van der Waals surface area contributed by atoms with Crippen molar-refractivity contribution in [1.82, 2.24) is 14.9 Å². The fraction of sp³-hybridized carbons (Fsp3) is 0.450. The Morgan fingerprint density at radius 1 is 1.12 bits per heavy atom. The van der Waals surface area contributed by atoms with Crippen LogP contribution in [0.1, 0.15) is 49.2 Å². The second-order valence-corrected chi connectivity index (χ2v) is 6.82. The summed E-state index contributed by atoms with van der Waals surface area (Å²) in [4.78, 5) is 25.5. The summed E-state index contributed by atoms with van der Waals surface area (Å²) >= 11 is 0. The second kappa shape index (κ2) is 8.10. The Morgan fingerprint density at radius 2 is 1.84 bits per heavy atom. The summed E-state index contributed by atoms with van der Waals surface area (Å²) in [5.74, 6) is 0.820. The highest BCUT2D eigenvalue weighted by Crippen LogP contribution is 2.19. The molecule has 1 aliphatic heterocycles. The van der Waals surface area contributed by atoms with Crippen LogP contribution in [0, 0.1) is 0 Å². The first-order chi connectivity index (χ1) is 12.1. The Kier molecular flexibility index (Phi) is 5.64. The fourth-order valence-corrected chi connectivity index (χ4v) is 3.19. The maximum Gasteiger partial charge on any atom is 0.272 e. The summed E-state index contributed by atoms with van der Waals surface area (Å²) in [5.41, 5.74) is 1.71. The molecule has 2 aromatic rings. The molecule has 0 aliphatic carbocycles. The van der Waals surface area contributed by atoms with E-state index in [1.54, 1.807) is 0 Å². The van der Waals surface area contributed by atoms with Crippen LogP contribution in [0.5, 0.6) is 0 Å². The predicted molar refractivity (Wildman–Crippen MR) is 99.5 cm³/mol. The van der Waals surface area contributed by atoms with Crippen LogP contribution in [-0.2, 0) is 6.54 Å². The van der Waals surface area contributed by atoms with Gasteiger partial charge in [0.1, 0.15) is 17.8 Å². The zero-order valence-electron chi connectivity index (χ0n) is 15.1. The molecule has 25 heavy (non-hydrogen) atoms. The fourth-order valence-electron chi connectivity index (χ4n) is 3.19. The third-order valence-corrected chi connectivity index (χ3v) is 4.63. The smallest absolute Gasteiger partial charge is 0.272 e. The third kappa shape index (κ3) is 4.35. The number of carbonyl (C=O) groups excluding carboxylic acids is 1. The minimum absolute atomic E-state index is 0.0202. The highest BCUT2D eigenvalue weighted by atomic mass is 16.2. The first-order valence-electron chi connectivity index (χ1n) is 9.07. The van der Waals surface area contributed by atoms with E-state index in [0.717, 1.165) is 38.3 Å². The summed E-state index contributed by atoms with van der Waals surface area (Å²) in [5, 5.41) is 0. The van der Waals surface area contributed by atoms with Crippen LogP contribution in [0.2, 0.25) is 0 Å². The molecule has 0 spiro atoms. The molecule has 0 N–H and O–H groups in total. The van der Waals surface area contributed by atoms with Crippen molar-refractivity contribution in [3.05, 3.63) is 54.0 Å². The van der Waals surface area contributed by atoms with Crippen LogP contribution in [0.15, 0.2) is 42.7 Å². The molecule has 0 radical (unpaired) electrons. The Hall–Kier alpha value is -2.43. The number of hydrogen-bond acceptors (Lipinski definition) is 4. The van der Waals surface area contributed by atoms with Crippen molar-refractivity contribution in [3.8, 4) is 0 Å². The van der Waals surface area contributed by atoms with Gasteiger partial charge < -0.3 is 9.80 Å². The molecule has 1 fully saturated rings. The highest BCUT2D eigenvalue weighted by Gasteiger charge is 2.21. The van der Waals surface area contributed by atoms with Crippen LogP contribution in [-0.4, -0.2) is 39.9 Å². The Labute approximate surface area is 149 Å². The van der Waals surface area contributed by atoms with Gasteiger partial charge in [0.15, 0.2) is 0 Å². The SMILES string of the molecule is CC(C)N(Cc1ccccc1)c1cc(C(=O)N2CCCCC2)ncn1. The van der Waals surface area contributed by atoms with Gasteiger partial charge in [0.05, 0.1) is 0 Å². The number of nitrogens with zero attached hydrogens (tertiary/aromatic N) is 4. The van der Waals surface area contributed by atoms with E-state index in [1.807, 2.05) is 29.2 Å².